The number of benzene rings is 5. The molecule has 2 bridgehead atoms. The molecule has 2 aliphatic rings. The summed E-state index contributed by atoms with van der Waals surface area (Å²) in [5, 5.41) is 11.7. The fourth-order valence-corrected chi connectivity index (χ4v) is 9.93. The van der Waals surface area contributed by atoms with Gasteiger partial charge in [0.2, 0.25) is 0 Å². The van der Waals surface area contributed by atoms with Gasteiger partial charge in [0.15, 0.2) is 0 Å². The van der Waals surface area contributed by atoms with Crippen molar-refractivity contribution in [1.29, 1.82) is 5.26 Å². The zero-order valence-corrected chi connectivity index (χ0v) is 33.9. The first-order valence-corrected chi connectivity index (χ1v) is 20.4. The number of hydrogen-bond acceptors (Lipinski definition) is 9. The summed E-state index contributed by atoms with van der Waals surface area (Å²) >= 11 is 0. The van der Waals surface area contributed by atoms with E-state index in [2.05, 4.69) is 111 Å². The van der Waals surface area contributed by atoms with Crippen molar-refractivity contribution >= 4 is 19.3 Å². The molecular weight excluding hydrogens is 723 g/mol. The average Bonchev–Trinajstić information content (AvgIpc) is 3.72. The van der Waals surface area contributed by atoms with Gasteiger partial charge in [0, 0.05) is 12.1 Å². The molecule has 2 aliphatic heterocycles. The van der Waals surface area contributed by atoms with Gasteiger partial charge in [0.05, 0.1) is 46.5 Å². The van der Waals surface area contributed by atoms with E-state index >= 15 is 0 Å². The van der Waals surface area contributed by atoms with E-state index in [1.165, 1.54) is 0 Å². The van der Waals surface area contributed by atoms with Crippen molar-refractivity contribution in [1.82, 2.24) is 4.67 Å². The molecule has 0 radical (unpaired) electrons. The van der Waals surface area contributed by atoms with Gasteiger partial charge in [-0.1, -0.05) is 97.1 Å². The number of nitriles is 1. The van der Waals surface area contributed by atoms with E-state index in [-0.39, 0.29) is 38.3 Å². The molecule has 9 nitrogen and oxygen atoms in total. The molecule has 2 saturated heterocycles. The first-order chi connectivity index (χ1) is 27.2. The Hall–Kier alpha value is -4.36. The standard InChI is InChI=1S/C46H51N2O7P/c1-32(2)48(33(3)4)56(53-29-13-28-47)55-44-43-42(41-19-12-15-34-14-10-11-18-40(34)41)54-45(44,30-51-43)31-52-46(35-16-8-7-9-17-35,36-20-24-38(49-5)25-21-36)37-22-26-39(50-6)27-23-37/h7-12,14-27,32-33,42-44H,13,29-31H2,1-6H3/t42-,43-,44-,45+,56?/m0/s1. The number of rotatable bonds is 17. The third-order valence-electron chi connectivity index (χ3n) is 10.7. The normalized spacial score (nSPS) is 21.2. The summed E-state index contributed by atoms with van der Waals surface area (Å²) in [6.45, 7) is 9.17. The van der Waals surface area contributed by atoms with Crippen LogP contribution in [0.3, 0.4) is 0 Å². The highest BCUT2D eigenvalue weighted by Crippen LogP contribution is 2.57. The van der Waals surface area contributed by atoms with Crippen LogP contribution in [-0.2, 0) is 28.9 Å². The molecule has 0 spiro atoms. The van der Waals surface area contributed by atoms with Crippen LogP contribution in [0.2, 0.25) is 0 Å². The highest BCUT2D eigenvalue weighted by molar-refractivity contribution is 7.44. The van der Waals surface area contributed by atoms with Gasteiger partial charge in [-0.3, -0.25) is 0 Å². The van der Waals surface area contributed by atoms with Gasteiger partial charge in [0.25, 0.3) is 8.53 Å². The van der Waals surface area contributed by atoms with Crippen LogP contribution < -0.4 is 9.47 Å². The number of nitrogens with zero attached hydrogens (tertiary/aromatic N) is 2. The molecule has 7 rings (SSSR count). The lowest BCUT2D eigenvalue weighted by molar-refractivity contribution is -0.183. The number of methoxy groups -OCH3 is 2. The summed E-state index contributed by atoms with van der Waals surface area (Å²) in [7, 11) is 1.69. The number of fused-ring (bicyclic) bond motifs is 3. The van der Waals surface area contributed by atoms with Gasteiger partial charge in [-0.25, -0.2) is 4.67 Å². The fourth-order valence-electron chi connectivity index (χ4n) is 8.12. The summed E-state index contributed by atoms with van der Waals surface area (Å²) < 4.78 is 48.7. The molecule has 2 fully saturated rings. The topological polar surface area (TPSA) is 91.6 Å². The Labute approximate surface area is 332 Å². The summed E-state index contributed by atoms with van der Waals surface area (Å²) in [6, 6.07) is 43.4. The second kappa shape index (κ2) is 17.4. The van der Waals surface area contributed by atoms with Crippen LogP contribution in [0.25, 0.3) is 10.8 Å². The molecule has 0 aliphatic carbocycles. The molecule has 0 amide bonds. The van der Waals surface area contributed by atoms with Crippen LogP contribution in [-0.4, -0.2) is 68.6 Å². The summed E-state index contributed by atoms with van der Waals surface area (Å²) in [4.78, 5) is 0. The molecule has 2 heterocycles. The number of hydrogen-bond donors (Lipinski definition) is 0. The fraction of sp³-hybridized carbons (Fsp3) is 0.370. The van der Waals surface area contributed by atoms with Crippen molar-refractivity contribution in [2.45, 2.75) is 75.7 Å². The van der Waals surface area contributed by atoms with Gasteiger partial charge in [-0.15, -0.1) is 0 Å². The summed E-state index contributed by atoms with van der Waals surface area (Å²) in [5.41, 5.74) is 1.67. The minimum Gasteiger partial charge on any atom is -0.497 e. The molecule has 0 saturated carbocycles. The number of ether oxygens (including phenoxy) is 5. The molecular formula is C46H51N2O7P. The SMILES string of the molecule is COc1ccc(C(OC[C@@]23CO[C@@H]([C@H](c4cccc5ccccc45)O2)[C@@H]3OP(OCCC#N)N(C(C)C)C(C)C)(c2ccccc2)c2ccc(OC)cc2)cc1. The van der Waals surface area contributed by atoms with E-state index in [0.29, 0.717) is 0 Å². The van der Waals surface area contributed by atoms with Crippen LogP contribution in [0.15, 0.2) is 121 Å². The zero-order valence-electron chi connectivity index (χ0n) is 33.0. The predicted octanol–water partition coefficient (Wildman–Crippen LogP) is 9.74. The van der Waals surface area contributed by atoms with E-state index in [4.69, 9.17) is 32.7 Å². The van der Waals surface area contributed by atoms with Gasteiger partial charge in [-0.05, 0) is 85.0 Å². The van der Waals surface area contributed by atoms with Crippen LogP contribution in [0.1, 0.15) is 62.5 Å². The lowest BCUT2D eigenvalue weighted by atomic mass is 9.79. The van der Waals surface area contributed by atoms with Crippen molar-refractivity contribution < 1.29 is 32.7 Å². The Morgan fingerprint density at radius 1 is 0.786 bits per heavy atom. The van der Waals surface area contributed by atoms with Crippen molar-refractivity contribution in [3.8, 4) is 17.6 Å². The van der Waals surface area contributed by atoms with Gasteiger partial charge in [-0.2, -0.15) is 5.26 Å². The monoisotopic (exact) mass is 774 g/mol. The molecule has 1 unspecified atom stereocenters. The first-order valence-electron chi connectivity index (χ1n) is 19.3. The molecule has 56 heavy (non-hydrogen) atoms. The zero-order chi connectivity index (χ0) is 39.3. The maximum atomic E-state index is 9.44. The van der Waals surface area contributed by atoms with Gasteiger partial charge >= 0.3 is 0 Å². The quantitative estimate of drug-likeness (QED) is 0.0520. The third kappa shape index (κ3) is 7.68. The third-order valence-corrected chi connectivity index (χ3v) is 12.8. The van der Waals surface area contributed by atoms with Crippen LogP contribution in [0, 0.1) is 11.3 Å². The van der Waals surface area contributed by atoms with E-state index in [1.807, 2.05) is 48.5 Å². The summed E-state index contributed by atoms with van der Waals surface area (Å²) in [6.07, 6.45) is -1.22. The Morgan fingerprint density at radius 3 is 1.98 bits per heavy atom. The molecule has 0 aromatic heterocycles. The largest absolute Gasteiger partial charge is 0.497 e. The van der Waals surface area contributed by atoms with E-state index in [0.717, 1.165) is 44.5 Å². The van der Waals surface area contributed by atoms with Crippen LogP contribution >= 0.6 is 8.53 Å². The Bertz CT molecular complexity index is 2030. The maximum Gasteiger partial charge on any atom is 0.259 e. The van der Waals surface area contributed by atoms with Gasteiger partial charge < -0.3 is 32.7 Å². The van der Waals surface area contributed by atoms with Crippen LogP contribution in [0.5, 0.6) is 11.5 Å². The molecule has 5 aromatic carbocycles. The first kappa shape index (κ1) is 39.9. The molecule has 5 atom stereocenters. The second-order valence-corrected chi connectivity index (χ2v) is 16.2. The lowest BCUT2D eigenvalue weighted by Gasteiger charge is -2.41. The maximum absolute atomic E-state index is 9.44. The van der Waals surface area contributed by atoms with Crippen molar-refractivity contribution in [2.75, 3.05) is 34.0 Å². The predicted molar refractivity (Wildman–Crippen MR) is 219 cm³/mol. The molecule has 5 aromatic rings. The smallest absolute Gasteiger partial charge is 0.259 e. The van der Waals surface area contributed by atoms with Crippen molar-refractivity contribution in [2.24, 2.45) is 0 Å². The molecule has 0 N–H and O–H groups in total. The second-order valence-electron chi connectivity index (χ2n) is 14.8. The molecule has 10 heteroatoms. The van der Waals surface area contributed by atoms with Gasteiger partial charge in [0.1, 0.15) is 41.0 Å². The Kier molecular flexibility index (Phi) is 12.4. The Balaban J connectivity index is 1.36. The average molecular weight is 775 g/mol. The van der Waals surface area contributed by atoms with E-state index < -0.39 is 38.0 Å². The van der Waals surface area contributed by atoms with E-state index in [1.54, 1.807) is 14.2 Å². The highest BCUT2D eigenvalue weighted by atomic mass is 31.2. The highest BCUT2D eigenvalue weighted by Gasteiger charge is 2.65. The summed E-state index contributed by atoms with van der Waals surface area (Å²) in [5.74, 6) is 1.48. The minimum absolute atomic E-state index is 0.112. The lowest BCUT2D eigenvalue weighted by Crippen LogP contribution is -2.49. The minimum atomic E-state index is -1.64. The van der Waals surface area contributed by atoms with Crippen LogP contribution in [0.4, 0.5) is 0 Å². The molecule has 292 valence electrons. The van der Waals surface area contributed by atoms with E-state index in [9.17, 15) is 5.26 Å². The van der Waals surface area contributed by atoms with Crippen molar-refractivity contribution in [3.05, 3.63) is 144 Å². The van der Waals surface area contributed by atoms with Crippen molar-refractivity contribution in [3.63, 3.8) is 0 Å². The Morgan fingerprint density at radius 2 is 1.38 bits per heavy atom.